The third-order valence-corrected chi connectivity index (χ3v) is 4.37. The molecule has 1 aromatic heterocycles. The number of benzene rings is 1. The third-order valence-electron chi connectivity index (χ3n) is 4.37. The lowest BCUT2D eigenvalue weighted by atomic mass is 10.1. The fraction of sp³-hybridized carbons (Fsp3) is 0.400. The molecule has 4 heteroatoms. The topological polar surface area (TPSA) is 42.4 Å². The van der Waals surface area contributed by atoms with Gasteiger partial charge in [0.25, 0.3) is 5.91 Å². The van der Waals surface area contributed by atoms with Crippen LogP contribution in [0.15, 0.2) is 36.4 Å². The number of aryl methyl sites for hydroxylation is 2. The van der Waals surface area contributed by atoms with Crippen LogP contribution in [0, 0.1) is 13.8 Å². The summed E-state index contributed by atoms with van der Waals surface area (Å²) in [6, 6.07) is 12.1. The third kappa shape index (κ3) is 3.49. The van der Waals surface area contributed by atoms with Crippen LogP contribution in [-0.2, 0) is 4.74 Å². The van der Waals surface area contributed by atoms with E-state index in [1.165, 1.54) is 5.56 Å². The van der Waals surface area contributed by atoms with Crippen LogP contribution in [0.3, 0.4) is 0 Å². The summed E-state index contributed by atoms with van der Waals surface area (Å²) in [6.45, 7) is 9.22. The normalized spacial score (nSPS) is 20.9. The molecule has 0 radical (unpaired) electrons. The van der Waals surface area contributed by atoms with Crippen molar-refractivity contribution in [3.8, 4) is 11.3 Å². The number of hydrogen-bond acceptors (Lipinski definition) is 3. The van der Waals surface area contributed by atoms with E-state index in [2.05, 4.69) is 36.2 Å². The standard InChI is InChI=1S/C20H24N2O2/c1-13-5-7-17(8-6-13)19-10-9-18(16(4)21-19)20(23)22-11-14(2)24-15(3)12-22/h5-10,14-15H,11-12H2,1-4H3/t14-,15-/m0/s1. The van der Waals surface area contributed by atoms with Gasteiger partial charge < -0.3 is 9.64 Å². The van der Waals surface area contributed by atoms with Crippen molar-refractivity contribution in [2.24, 2.45) is 0 Å². The molecule has 1 saturated heterocycles. The first-order chi connectivity index (χ1) is 11.4. The highest BCUT2D eigenvalue weighted by Gasteiger charge is 2.27. The molecule has 1 amide bonds. The first kappa shape index (κ1) is 16.7. The van der Waals surface area contributed by atoms with Gasteiger partial charge in [0.05, 0.1) is 29.2 Å². The highest BCUT2D eigenvalue weighted by Crippen LogP contribution is 2.21. The van der Waals surface area contributed by atoms with Crippen LogP contribution in [0.5, 0.6) is 0 Å². The Bertz CT molecular complexity index is 730. The van der Waals surface area contributed by atoms with E-state index in [-0.39, 0.29) is 18.1 Å². The van der Waals surface area contributed by atoms with E-state index in [0.29, 0.717) is 18.7 Å². The highest BCUT2D eigenvalue weighted by atomic mass is 16.5. The lowest BCUT2D eigenvalue weighted by molar-refractivity contribution is -0.0586. The average Bonchev–Trinajstić information content (AvgIpc) is 2.54. The lowest BCUT2D eigenvalue weighted by Crippen LogP contribution is -2.48. The molecule has 0 N–H and O–H groups in total. The molecule has 0 bridgehead atoms. The molecule has 1 aromatic carbocycles. The SMILES string of the molecule is Cc1ccc(-c2ccc(C(=O)N3C[C@H](C)O[C@@H](C)C3)c(C)n2)cc1. The second-order valence-electron chi connectivity index (χ2n) is 6.66. The Hall–Kier alpha value is -2.20. The van der Waals surface area contributed by atoms with E-state index in [9.17, 15) is 4.79 Å². The first-order valence-electron chi connectivity index (χ1n) is 8.43. The largest absolute Gasteiger partial charge is 0.372 e. The van der Waals surface area contributed by atoms with Crippen LogP contribution in [0.1, 0.15) is 35.5 Å². The Labute approximate surface area is 143 Å². The summed E-state index contributed by atoms with van der Waals surface area (Å²) < 4.78 is 5.71. The smallest absolute Gasteiger partial charge is 0.255 e. The number of rotatable bonds is 2. The molecule has 1 aliphatic heterocycles. The number of carbonyl (C=O) groups is 1. The molecule has 0 aliphatic carbocycles. The molecule has 1 fully saturated rings. The predicted octanol–water partition coefficient (Wildman–Crippen LogP) is 3.61. The minimum Gasteiger partial charge on any atom is -0.372 e. The number of aromatic nitrogens is 1. The van der Waals surface area contributed by atoms with Crippen LogP contribution in [0.2, 0.25) is 0 Å². The number of amides is 1. The van der Waals surface area contributed by atoms with E-state index in [1.54, 1.807) is 0 Å². The molecular weight excluding hydrogens is 300 g/mol. The number of hydrogen-bond donors (Lipinski definition) is 0. The molecule has 1 aliphatic rings. The summed E-state index contributed by atoms with van der Waals surface area (Å²) in [6.07, 6.45) is 0.135. The maximum absolute atomic E-state index is 12.8. The van der Waals surface area contributed by atoms with E-state index in [4.69, 9.17) is 4.74 Å². The van der Waals surface area contributed by atoms with Crippen LogP contribution >= 0.6 is 0 Å². The van der Waals surface area contributed by atoms with Gasteiger partial charge in [-0.25, -0.2) is 0 Å². The van der Waals surface area contributed by atoms with Crippen molar-refractivity contribution in [1.82, 2.24) is 9.88 Å². The van der Waals surface area contributed by atoms with Gasteiger partial charge in [-0.1, -0.05) is 29.8 Å². The highest BCUT2D eigenvalue weighted by molar-refractivity contribution is 5.95. The summed E-state index contributed by atoms with van der Waals surface area (Å²) in [5, 5.41) is 0. The number of pyridine rings is 1. The molecule has 0 saturated carbocycles. The number of morpholine rings is 1. The second kappa shape index (κ2) is 6.73. The molecule has 3 rings (SSSR count). The summed E-state index contributed by atoms with van der Waals surface area (Å²) in [5.41, 5.74) is 4.62. The van der Waals surface area contributed by atoms with Crippen LogP contribution in [-0.4, -0.2) is 41.1 Å². The van der Waals surface area contributed by atoms with Crippen molar-refractivity contribution < 1.29 is 9.53 Å². The van der Waals surface area contributed by atoms with Gasteiger partial charge in [0, 0.05) is 18.7 Å². The van der Waals surface area contributed by atoms with Gasteiger partial charge in [0.15, 0.2) is 0 Å². The number of carbonyl (C=O) groups excluding carboxylic acids is 1. The van der Waals surface area contributed by atoms with Gasteiger partial charge in [-0.15, -0.1) is 0 Å². The maximum atomic E-state index is 12.8. The molecule has 24 heavy (non-hydrogen) atoms. The summed E-state index contributed by atoms with van der Waals surface area (Å²) in [4.78, 5) is 19.4. The second-order valence-corrected chi connectivity index (χ2v) is 6.66. The molecular formula is C20H24N2O2. The Morgan fingerprint density at radius 2 is 1.67 bits per heavy atom. The van der Waals surface area contributed by atoms with Gasteiger partial charge in [-0.2, -0.15) is 0 Å². The molecule has 2 aromatic rings. The zero-order valence-electron chi connectivity index (χ0n) is 14.7. The van der Waals surface area contributed by atoms with Crippen LogP contribution < -0.4 is 0 Å². The van der Waals surface area contributed by atoms with Crippen LogP contribution in [0.25, 0.3) is 11.3 Å². The predicted molar refractivity (Wildman–Crippen MR) is 95.1 cm³/mol. The van der Waals surface area contributed by atoms with Crippen molar-refractivity contribution in [3.05, 3.63) is 53.2 Å². The van der Waals surface area contributed by atoms with Gasteiger partial charge in [0.1, 0.15) is 0 Å². The average molecular weight is 324 g/mol. The fourth-order valence-electron chi connectivity index (χ4n) is 3.19. The van der Waals surface area contributed by atoms with E-state index in [1.807, 2.05) is 37.8 Å². The van der Waals surface area contributed by atoms with Gasteiger partial charge >= 0.3 is 0 Å². The summed E-state index contributed by atoms with van der Waals surface area (Å²) >= 11 is 0. The van der Waals surface area contributed by atoms with Crippen LogP contribution in [0.4, 0.5) is 0 Å². The Morgan fingerprint density at radius 3 is 2.25 bits per heavy atom. The van der Waals surface area contributed by atoms with Gasteiger partial charge in [-0.3, -0.25) is 9.78 Å². The van der Waals surface area contributed by atoms with Crippen molar-refractivity contribution in [1.29, 1.82) is 0 Å². The zero-order valence-corrected chi connectivity index (χ0v) is 14.7. The molecule has 2 heterocycles. The maximum Gasteiger partial charge on any atom is 0.255 e. The quantitative estimate of drug-likeness (QED) is 0.847. The summed E-state index contributed by atoms with van der Waals surface area (Å²) in [5.74, 6) is 0.0393. The van der Waals surface area contributed by atoms with Gasteiger partial charge in [-0.05, 0) is 39.8 Å². The zero-order chi connectivity index (χ0) is 17.3. The Kier molecular flexibility index (Phi) is 4.67. The molecule has 2 atom stereocenters. The molecule has 0 spiro atoms. The minimum atomic E-state index is 0.0393. The first-order valence-corrected chi connectivity index (χ1v) is 8.43. The lowest BCUT2D eigenvalue weighted by Gasteiger charge is -2.35. The van der Waals surface area contributed by atoms with E-state index >= 15 is 0 Å². The molecule has 0 unspecified atom stereocenters. The van der Waals surface area contributed by atoms with Crippen molar-refractivity contribution in [3.63, 3.8) is 0 Å². The Morgan fingerprint density at radius 1 is 1.04 bits per heavy atom. The van der Waals surface area contributed by atoms with Crippen molar-refractivity contribution >= 4 is 5.91 Å². The number of ether oxygens (including phenoxy) is 1. The monoisotopic (exact) mass is 324 g/mol. The van der Waals surface area contributed by atoms with E-state index in [0.717, 1.165) is 17.0 Å². The molecule has 4 nitrogen and oxygen atoms in total. The molecule has 126 valence electrons. The van der Waals surface area contributed by atoms with Crippen molar-refractivity contribution in [2.45, 2.75) is 39.9 Å². The Balaban J connectivity index is 1.84. The fourth-order valence-corrected chi connectivity index (χ4v) is 3.19. The number of nitrogens with zero attached hydrogens (tertiary/aromatic N) is 2. The van der Waals surface area contributed by atoms with Gasteiger partial charge in [0.2, 0.25) is 0 Å². The minimum absolute atomic E-state index is 0.0393. The van der Waals surface area contributed by atoms with Crippen molar-refractivity contribution in [2.75, 3.05) is 13.1 Å². The van der Waals surface area contributed by atoms with E-state index < -0.39 is 0 Å². The summed E-state index contributed by atoms with van der Waals surface area (Å²) in [7, 11) is 0.